The van der Waals surface area contributed by atoms with Crippen LogP contribution >= 0.6 is 0 Å². The van der Waals surface area contributed by atoms with Crippen LogP contribution in [0, 0.1) is 0 Å². The Morgan fingerprint density at radius 2 is 1.77 bits per heavy atom. The topological polar surface area (TPSA) is 61.9 Å². The van der Waals surface area contributed by atoms with Crippen molar-refractivity contribution in [3.05, 3.63) is 29.8 Å². The molecule has 1 aromatic rings. The minimum Gasteiger partial charge on any atom is -0.494 e. The van der Waals surface area contributed by atoms with E-state index < -0.39 is 0 Å². The first-order chi connectivity index (χ1) is 10.5. The molecule has 0 aliphatic heterocycles. The second-order valence-corrected chi connectivity index (χ2v) is 5.17. The lowest BCUT2D eigenvalue weighted by molar-refractivity contribution is -0.135. The molecule has 1 aromatic carbocycles. The third-order valence-corrected chi connectivity index (χ3v) is 3.18. The average molecular weight is 307 g/mol. The van der Waals surface area contributed by atoms with Gasteiger partial charge >= 0.3 is 0 Å². The molecular weight excluding hydrogens is 282 g/mol. The molecule has 1 rings (SSSR count). The van der Waals surface area contributed by atoms with Gasteiger partial charge in [0.2, 0.25) is 11.8 Å². The van der Waals surface area contributed by atoms with E-state index in [4.69, 9.17) is 4.74 Å². The molecule has 0 radical (unpaired) electrons. The van der Waals surface area contributed by atoms with Crippen LogP contribution in [0.3, 0.4) is 0 Å². The third kappa shape index (κ3) is 6.13. The molecule has 0 saturated carbocycles. The molecule has 0 unspecified atom stereocenters. The van der Waals surface area contributed by atoms with Gasteiger partial charge in [-0.3, -0.25) is 14.5 Å². The first-order valence-corrected chi connectivity index (χ1v) is 7.31. The van der Waals surface area contributed by atoms with Gasteiger partial charge in [0.05, 0.1) is 19.7 Å². The van der Waals surface area contributed by atoms with Gasteiger partial charge in [0.1, 0.15) is 5.75 Å². The minimum absolute atomic E-state index is 0.0756. The van der Waals surface area contributed by atoms with Crippen LogP contribution in [0.15, 0.2) is 24.3 Å². The summed E-state index contributed by atoms with van der Waals surface area (Å²) in [6, 6.07) is 7.82. The SMILES string of the molecule is CCOc1ccc(CN(C)CC(=O)N(C)CC(=O)NC)cc1. The molecule has 2 amide bonds. The number of nitrogens with one attached hydrogen (secondary N) is 1. The molecule has 0 spiro atoms. The van der Waals surface area contributed by atoms with Crippen molar-refractivity contribution in [3.8, 4) is 5.75 Å². The predicted molar refractivity (Wildman–Crippen MR) is 85.6 cm³/mol. The molecule has 0 aliphatic carbocycles. The van der Waals surface area contributed by atoms with E-state index >= 15 is 0 Å². The van der Waals surface area contributed by atoms with Crippen molar-refractivity contribution in [2.75, 3.05) is 40.8 Å². The zero-order valence-corrected chi connectivity index (χ0v) is 13.8. The molecule has 0 fully saturated rings. The lowest BCUT2D eigenvalue weighted by Crippen LogP contribution is -2.41. The van der Waals surface area contributed by atoms with Crippen molar-refractivity contribution in [2.45, 2.75) is 13.5 Å². The Bertz CT molecular complexity index is 488. The summed E-state index contributed by atoms with van der Waals surface area (Å²) in [5, 5.41) is 2.50. The summed E-state index contributed by atoms with van der Waals surface area (Å²) in [7, 11) is 5.06. The van der Waals surface area contributed by atoms with Gasteiger partial charge in [0, 0.05) is 20.6 Å². The molecule has 6 nitrogen and oxygen atoms in total. The Morgan fingerprint density at radius 1 is 1.14 bits per heavy atom. The highest BCUT2D eigenvalue weighted by Crippen LogP contribution is 2.13. The van der Waals surface area contributed by atoms with Crippen LogP contribution in [0.1, 0.15) is 12.5 Å². The van der Waals surface area contributed by atoms with Crippen LogP contribution in [0.25, 0.3) is 0 Å². The smallest absolute Gasteiger partial charge is 0.239 e. The number of ether oxygens (including phenoxy) is 1. The van der Waals surface area contributed by atoms with Gasteiger partial charge < -0.3 is 15.0 Å². The summed E-state index contributed by atoms with van der Waals surface area (Å²) in [5.41, 5.74) is 1.10. The van der Waals surface area contributed by atoms with Crippen LogP contribution in [0.2, 0.25) is 0 Å². The van der Waals surface area contributed by atoms with Crippen molar-refractivity contribution in [1.82, 2.24) is 15.1 Å². The number of hydrogen-bond donors (Lipinski definition) is 1. The van der Waals surface area contributed by atoms with Gasteiger partial charge in [-0.05, 0) is 31.7 Å². The number of likely N-dealkylation sites (N-methyl/N-ethyl adjacent to an activating group) is 3. The van der Waals surface area contributed by atoms with Crippen molar-refractivity contribution >= 4 is 11.8 Å². The molecule has 0 saturated heterocycles. The van der Waals surface area contributed by atoms with E-state index in [1.807, 2.05) is 43.1 Å². The highest BCUT2D eigenvalue weighted by molar-refractivity contribution is 5.85. The maximum Gasteiger partial charge on any atom is 0.239 e. The van der Waals surface area contributed by atoms with Crippen molar-refractivity contribution in [1.29, 1.82) is 0 Å². The lowest BCUT2D eigenvalue weighted by Gasteiger charge is -2.21. The number of carbonyl (C=O) groups is 2. The maximum atomic E-state index is 12.0. The minimum atomic E-state index is -0.176. The van der Waals surface area contributed by atoms with Gasteiger partial charge in [-0.15, -0.1) is 0 Å². The molecule has 0 aliphatic rings. The Labute approximate surface area is 132 Å². The molecular formula is C16H25N3O3. The summed E-state index contributed by atoms with van der Waals surface area (Å²) in [6.45, 7) is 3.59. The van der Waals surface area contributed by atoms with E-state index in [0.717, 1.165) is 11.3 Å². The lowest BCUT2D eigenvalue weighted by atomic mass is 10.2. The Balaban J connectivity index is 2.46. The van der Waals surface area contributed by atoms with Crippen LogP contribution in [-0.2, 0) is 16.1 Å². The second kappa shape index (κ2) is 9.04. The zero-order valence-electron chi connectivity index (χ0n) is 13.8. The Morgan fingerprint density at radius 3 is 2.32 bits per heavy atom. The predicted octanol–water partition coefficient (Wildman–Crippen LogP) is 0.722. The van der Waals surface area contributed by atoms with Gasteiger partial charge in [-0.25, -0.2) is 0 Å². The molecule has 6 heteroatoms. The van der Waals surface area contributed by atoms with E-state index in [1.54, 1.807) is 14.1 Å². The highest BCUT2D eigenvalue weighted by Gasteiger charge is 2.14. The average Bonchev–Trinajstić information content (AvgIpc) is 2.49. The Kier molecular flexibility index (Phi) is 7.39. The fraction of sp³-hybridized carbons (Fsp3) is 0.500. The van der Waals surface area contributed by atoms with Crippen molar-refractivity contribution < 1.29 is 14.3 Å². The molecule has 22 heavy (non-hydrogen) atoms. The number of rotatable bonds is 8. The normalized spacial score (nSPS) is 10.4. The molecule has 0 aromatic heterocycles. The standard InChI is InChI=1S/C16H25N3O3/c1-5-22-14-8-6-13(7-9-14)10-18(3)12-16(21)19(4)11-15(20)17-2/h6-9H,5,10-12H2,1-4H3,(H,17,20). The molecule has 1 N–H and O–H groups in total. The third-order valence-electron chi connectivity index (χ3n) is 3.18. The van der Waals surface area contributed by atoms with Crippen LogP contribution in [0.4, 0.5) is 0 Å². The van der Waals surface area contributed by atoms with E-state index in [9.17, 15) is 9.59 Å². The fourth-order valence-electron chi connectivity index (χ4n) is 1.96. The highest BCUT2D eigenvalue weighted by atomic mass is 16.5. The van der Waals surface area contributed by atoms with E-state index in [1.165, 1.54) is 4.90 Å². The van der Waals surface area contributed by atoms with Crippen LogP contribution in [0.5, 0.6) is 5.75 Å². The Hall–Kier alpha value is -2.08. The maximum absolute atomic E-state index is 12.0. The fourth-order valence-corrected chi connectivity index (χ4v) is 1.96. The monoisotopic (exact) mass is 307 g/mol. The summed E-state index contributed by atoms with van der Waals surface area (Å²) in [5.74, 6) is 0.581. The number of benzene rings is 1. The van der Waals surface area contributed by atoms with E-state index in [0.29, 0.717) is 13.2 Å². The van der Waals surface area contributed by atoms with E-state index in [-0.39, 0.29) is 24.9 Å². The summed E-state index contributed by atoms with van der Waals surface area (Å²) >= 11 is 0. The molecule has 0 bridgehead atoms. The van der Waals surface area contributed by atoms with Crippen molar-refractivity contribution in [3.63, 3.8) is 0 Å². The van der Waals surface area contributed by atoms with Crippen molar-refractivity contribution in [2.24, 2.45) is 0 Å². The van der Waals surface area contributed by atoms with Gasteiger partial charge in [-0.1, -0.05) is 12.1 Å². The summed E-state index contributed by atoms with van der Waals surface area (Å²) in [4.78, 5) is 26.6. The molecule has 0 heterocycles. The van der Waals surface area contributed by atoms with Gasteiger partial charge in [-0.2, -0.15) is 0 Å². The van der Waals surface area contributed by atoms with Crippen LogP contribution in [-0.4, -0.2) is 62.5 Å². The number of amides is 2. The molecule has 122 valence electrons. The second-order valence-electron chi connectivity index (χ2n) is 5.17. The number of nitrogens with zero attached hydrogens (tertiary/aromatic N) is 2. The summed E-state index contributed by atoms with van der Waals surface area (Å²) < 4.78 is 5.40. The largest absolute Gasteiger partial charge is 0.494 e. The first-order valence-electron chi connectivity index (χ1n) is 7.31. The zero-order chi connectivity index (χ0) is 16.5. The first kappa shape index (κ1) is 18.0. The van der Waals surface area contributed by atoms with Crippen LogP contribution < -0.4 is 10.1 Å². The van der Waals surface area contributed by atoms with Gasteiger partial charge in [0.25, 0.3) is 0 Å². The number of hydrogen-bond acceptors (Lipinski definition) is 4. The number of carbonyl (C=O) groups excluding carboxylic acids is 2. The quantitative estimate of drug-likeness (QED) is 0.769. The molecule has 0 atom stereocenters. The van der Waals surface area contributed by atoms with E-state index in [2.05, 4.69) is 5.32 Å². The summed E-state index contributed by atoms with van der Waals surface area (Å²) in [6.07, 6.45) is 0. The van der Waals surface area contributed by atoms with Gasteiger partial charge in [0.15, 0.2) is 0 Å².